The van der Waals surface area contributed by atoms with Crippen LogP contribution in [0.25, 0.3) is 0 Å². The number of likely N-dealkylation sites (tertiary alicyclic amines) is 1. The number of ether oxygens (including phenoxy) is 1. The standard InChI is InChI=1S/C22H20Cl2N2O3/c23-16-9-7-15(8-10-16)21(19-5-1-2-6-20(19)24)29-18-13-26(14-18)22(27)25-12-17-4-3-11-28-17/h1-11,18,21H,12-14H2,(H,25,27). The summed E-state index contributed by atoms with van der Waals surface area (Å²) in [4.78, 5) is 14.0. The number of carbonyl (C=O) groups excluding carboxylic acids is 1. The minimum atomic E-state index is -0.334. The first-order chi connectivity index (χ1) is 14.1. The third-order valence-corrected chi connectivity index (χ3v) is 5.41. The molecule has 1 N–H and O–H groups in total. The molecule has 0 radical (unpaired) electrons. The van der Waals surface area contributed by atoms with Crippen LogP contribution in [0.1, 0.15) is 23.0 Å². The van der Waals surface area contributed by atoms with E-state index in [1.807, 2.05) is 54.6 Å². The fourth-order valence-electron chi connectivity index (χ4n) is 3.23. The number of halogens is 2. The molecule has 3 aromatic rings. The van der Waals surface area contributed by atoms with Crippen LogP contribution < -0.4 is 5.32 Å². The molecule has 5 nitrogen and oxygen atoms in total. The highest BCUT2D eigenvalue weighted by atomic mass is 35.5. The number of nitrogens with one attached hydrogen (secondary N) is 1. The van der Waals surface area contributed by atoms with Crippen molar-refractivity contribution in [1.29, 1.82) is 0 Å². The van der Waals surface area contributed by atoms with Gasteiger partial charge < -0.3 is 19.4 Å². The molecule has 1 atom stereocenters. The Kier molecular flexibility index (Phi) is 6.09. The van der Waals surface area contributed by atoms with E-state index in [-0.39, 0.29) is 18.2 Å². The largest absolute Gasteiger partial charge is 0.467 e. The average Bonchev–Trinajstić information content (AvgIpc) is 3.21. The molecule has 2 heterocycles. The van der Waals surface area contributed by atoms with E-state index in [1.165, 1.54) is 0 Å². The van der Waals surface area contributed by atoms with Gasteiger partial charge in [0, 0.05) is 15.6 Å². The van der Waals surface area contributed by atoms with E-state index < -0.39 is 0 Å². The molecule has 1 unspecified atom stereocenters. The normalized spacial score (nSPS) is 15.0. The Morgan fingerprint density at radius 1 is 1.10 bits per heavy atom. The summed E-state index contributed by atoms with van der Waals surface area (Å²) in [7, 11) is 0. The van der Waals surface area contributed by atoms with Crippen molar-refractivity contribution in [2.24, 2.45) is 0 Å². The minimum absolute atomic E-state index is 0.0821. The van der Waals surface area contributed by atoms with E-state index in [4.69, 9.17) is 32.4 Å². The molecular weight excluding hydrogens is 411 g/mol. The molecule has 0 bridgehead atoms. The molecule has 1 aromatic heterocycles. The highest BCUT2D eigenvalue weighted by molar-refractivity contribution is 6.31. The lowest BCUT2D eigenvalue weighted by molar-refractivity contribution is -0.0646. The molecule has 4 rings (SSSR count). The molecular formula is C22H20Cl2N2O3. The maximum Gasteiger partial charge on any atom is 0.317 e. The molecule has 1 aliphatic heterocycles. The van der Waals surface area contributed by atoms with Gasteiger partial charge in [0.15, 0.2) is 0 Å². The average molecular weight is 431 g/mol. The van der Waals surface area contributed by atoms with Crippen LogP contribution in [0, 0.1) is 0 Å². The zero-order chi connectivity index (χ0) is 20.2. The van der Waals surface area contributed by atoms with Crippen molar-refractivity contribution in [3.63, 3.8) is 0 Å². The summed E-state index contributed by atoms with van der Waals surface area (Å²) < 4.78 is 11.6. The van der Waals surface area contributed by atoms with E-state index in [2.05, 4.69) is 5.32 Å². The molecule has 1 saturated heterocycles. The zero-order valence-corrected chi connectivity index (χ0v) is 17.1. The van der Waals surface area contributed by atoms with Gasteiger partial charge in [-0.05, 0) is 35.9 Å². The van der Waals surface area contributed by atoms with Crippen LogP contribution >= 0.6 is 23.2 Å². The second kappa shape index (κ2) is 8.91. The van der Waals surface area contributed by atoms with E-state index in [9.17, 15) is 4.79 Å². The Morgan fingerprint density at radius 3 is 2.55 bits per heavy atom. The number of carbonyl (C=O) groups is 1. The monoisotopic (exact) mass is 430 g/mol. The molecule has 7 heteroatoms. The minimum Gasteiger partial charge on any atom is -0.467 e. The maximum atomic E-state index is 12.3. The molecule has 0 spiro atoms. The van der Waals surface area contributed by atoms with Gasteiger partial charge in [-0.1, -0.05) is 53.5 Å². The van der Waals surface area contributed by atoms with Crippen molar-refractivity contribution >= 4 is 29.2 Å². The van der Waals surface area contributed by atoms with Gasteiger partial charge in [0.1, 0.15) is 11.9 Å². The fraction of sp³-hybridized carbons (Fsp3) is 0.227. The lowest BCUT2D eigenvalue weighted by Crippen LogP contribution is -2.57. The molecule has 0 saturated carbocycles. The maximum absolute atomic E-state index is 12.3. The van der Waals surface area contributed by atoms with E-state index in [1.54, 1.807) is 17.2 Å². The van der Waals surface area contributed by atoms with Gasteiger partial charge in [-0.15, -0.1) is 0 Å². The molecule has 2 amide bonds. The summed E-state index contributed by atoms with van der Waals surface area (Å²) in [6, 6.07) is 18.6. The second-order valence-electron chi connectivity index (χ2n) is 6.85. The molecule has 1 fully saturated rings. The third-order valence-electron chi connectivity index (χ3n) is 4.82. The smallest absolute Gasteiger partial charge is 0.317 e. The van der Waals surface area contributed by atoms with Crippen molar-refractivity contribution in [2.75, 3.05) is 13.1 Å². The quantitative estimate of drug-likeness (QED) is 0.577. The first kappa shape index (κ1) is 19.8. The summed E-state index contributed by atoms with van der Waals surface area (Å²) >= 11 is 12.5. The first-order valence-electron chi connectivity index (χ1n) is 9.30. The van der Waals surface area contributed by atoms with E-state index in [0.29, 0.717) is 35.4 Å². The van der Waals surface area contributed by atoms with Crippen molar-refractivity contribution in [2.45, 2.75) is 18.8 Å². The van der Waals surface area contributed by atoms with Gasteiger partial charge in [-0.25, -0.2) is 4.79 Å². The van der Waals surface area contributed by atoms with Crippen LogP contribution in [0.2, 0.25) is 10.0 Å². The van der Waals surface area contributed by atoms with Gasteiger partial charge in [-0.2, -0.15) is 0 Å². The molecule has 2 aromatic carbocycles. The second-order valence-corrected chi connectivity index (χ2v) is 7.70. The Hall–Kier alpha value is -2.47. The van der Waals surface area contributed by atoms with Gasteiger partial charge in [-0.3, -0.25) is 0 Å². The van der Waals surface area contributed by atoms with Gasteiger partial charge in [0.25, 0.3) is 0 Å². The Bertz CT molecular complexity index is 954. The van der Waals surface area contributed by atoms with Crippen molar-refractivity contribution in [1.82, 2.24) is 10.2 Å². The SMILES string of the molecule is O=C(NCc1ccco1)N1CC(OC(c2ccc(Cl)cc2)c2ccccc2Cl)C1. The van der Waals surface area contributed by atoms with Crippen molar-refractivity contribution < 1.29 is 13.9 Å². The van der Waals surface area contributed by atoms with Gasteiger partial charge in [0.2, 0.25) is 0 Å². The first-order valence-corrected chi connectivity index (χ1v) is 10.1. The zero-order valence-electron chi connectivity index (χ0n) is 15.6. The van der Waals surface area contributed by atoms with Crippen LogP contribution in [0.15, 0.2) is 71.3 Å². The number of hydrogen-bond acceptors (Lipinski definition) is 3. The third kappa shape index (κ3) is 4.75. The van der Waals surface area contributed by atoms with E-state index >= 15 is 0 Å². The number of furan rings is 1. The summed E-state index contributed by atoms with van der Waals surface area (Å²) in [5, 5.41) is 4.14. The molecule has 0 aliphatic carbocycles. The Balaban J connectivity index is 1.39. The predicted molar refractivity (Wildman–Crippen MR) is 112 cm³/mol. The number of urea groups is 1. The highest BCUT2D eigenvalue weighted by Crippen LogP contribution is 2.34. The lowest BCUT2D eigenvalue weighted by atomic mass is 10.0. The van der Waals surface area contributed by atoms with Gasteiger partial charge in [0.05, 0.1) is 32.0 Å². The van der Waals surface area contributed by atoms with Crippen molar-refractivity contribution in [3.8, 4) is 0 Å². The lowest BCUT2D eigenvalue weighted by Gasteiger charge is -2.40. The number of benzene rings is 2. The predicted octanol–water partition coefficient (Wildman–Crippen LogP) is 5.29. The topological polar surface area (TPSA) is 54.7 Å². The van der Waals surface area contributed by atoms with Crippen LogP contribution in [-0.4, -0.2) is 30.1 Å². The summed E-state index contributed by atoms with van der Waals surface area (Å²) in [5.41, 5.74) is 1.85. The molecule has 1 aliphatic rings. The van der Waals surface area contributed by atoms with Crippen LogP contribution in [0.5, 0.6) is 0 Å². The van der Waals surface area contributed by atoms with Gasteiger partial charge >= 0.3 is 6.03 Å². The van der Waals surface area contributed by atoms with Crippen LogP contribution in [0.4, 0.5) is 4.79 Å². The fourth-order valence-corrected chi connectivity index (χ4v) is 3.59. The Morgan fingerprint density at radius 2 is 1.86 bits per heavy atom. The Labute approximate surface area is 179 Å². The van der Waals surface area contributed by atoms with Crippen molar-refractivity contribution in [3.05, 3.63) is 93.9 Å². The van der Waals surface area contributed by atoms with E-state index in [0.717, 1.165) is 11.1 Å². The molecule has 150 valence electrons. The summed E-state index contributed by atoms with van der Waals surface area (Å²) in [5.74, 6) is 0.716. The highest BCUT2D eigenvalue weighted by Gasteiger charge is 2.34. The summed E-state index contributed by atoms with van der Waals surface area (Å²) in [6.07, 6.45) is 1.17. The summed E-state index contributed by atoms with van der Waals surface area (Å²) in [6.45, 7) is 1.39. The number of hydrogen-bond donors (Lipinski definition) is 1. The van der Waals surface area contributed by atoms with Crippen LogP contribution in [-0.2, 0) is 11.3 Å². The number of nitrogens with zero attached hydrogens (tertiary/aromatic N) is 1. The number of rotatable bonds is 6. The number of amides is 2. The van der Waals surface area contributed by atoms with Crippen LogP contribution in [0.3, 0.4) is 0 Å². The molecule has 29 heavy (non-hydrogen) atoms.